The fourth-order valence-corrected chi connectivity index (χ4v) is 5.48. The third kappa shape index (κ3) is 4.98. The van der Waals surface area contributed by atoms with Gasteiger partial charge in [-0.3, -0.25) is 9.59 Å². The molecular formula is C27H27BrClNO5. The third-order valence-corrected chi connectivity index (χ3v) is 7.27. The van der Waals surface area contributed by atoms with E-state index in [1.54, 1.807) is 26.0 Å². The summed E-state index contributed by atoms with van der Waals surface area (Å²) in [5.74, 6) is -1.84. The third-order valence-electron chi connectivity index (χ3n) is 6.42. The van der Waals surface area contributed by atoms with Crippen LogP contribution in [0, 0.1) is 5.92 Å². The van der Waals surface area contributed by atoms with E-state index in [2.05, 4.69) is 27.8 Å². The molecule has 0 radical (unpaired) electrons. The van der Waals surface area contributed by atoms with Crippen molar-refractivity contribution in [2.75, 3.05) is 7.11 Å². The SMILES string of the molecule is C=C1NC2=C(C(=O)CC(c3ccc(Cl)cc3)C2)C(c2cc(Br)c(O)c(OC)c2)C1C(=O)OC(C)C. The number of benzene rings is 2. The van der Waals surface area contributed by atoms with Crippen molar-refractivity contribution >= 4 is 39.3 Å². The van der Waals surface area contributed by atoms with Crippen molar-refractivity contribution in [1.82, 2.24) is 5.32 Å². The van der Waals surface area contributed by atoms with E-state index >= 15 is 0 Å². The molecule has 1 aliphatic carbocycles. The molecular weight excluding hydrogens is 534 g/mol. The van der Waals surface area contributed by atoms with E-state index in [0.29, 0.717) is 39.2 Å². The van der Waals surface area contributed by atoms with Crippen molar-refractivity contribution in [3.8, 4) is 11.5 Å². The number of methoxy groups -OCH3 is 1. The zero-order valence-corrected chi connectivity index (χ0v) is 22.1. The highest BCUT2D eigenvalue weighted by Crippen LogP contribution is 2.49. The summed E-state index contributed by atoms with van der Waals surface area (Å²) in [5.41, 5.74) is 3.41. The molecule has 2 aliphatic rings. The Morgan fingerprint density at radius 3 is 2.51 bits per heavy atom. The van der Waals surface area contributed by atoms with E-state index in [1.807, 2.05) is 24.3 Å². The number of allylic oxidation sites excluding steroid dienone is 2. The number of rotatable bonds is 5. The maximum absolute atomic E-state index is 13.7. The average molecular weight is 561 g/mol. The molecule has 4 rings (SSSR count). The van der Waals surface area contributed by atoms with Crippen LogP contribution < -0.4 is 10.1 Å². The second-order valence-electron chi connectivity index (χ2n) is 9.12. The number of nitrogens with one attached hydrogen (secondary N) is 1. The first kappa shape index (κ1) is 25.3. The van der Waals surface area contributed by atoms with Gasteiger partial charge in [-0.25, -0.2) is 0 Å². The predicted molar refractivity (Wildman–Crippen MR) is 138 cm³/mol. The van der Waals surface area contributed by atoms with Crippen molar-refractivity contribution in [2.45, 2.75) is 44.6 Å². The van der Waals surface area contributed by atoms with E-state index in [0.717, 1.165) is 11.3 Å². The van der Waals surface area contributed by atoms with Gasteiger partial charge in [-0.05, 0) is 77.5 Å². The minimum Gasteiger partial charge on any atom is -0.503 e. The second-order valence-corrected chi connectivity index (χ2v) is 10.4. The Morgan fingerprint density at radius 1 is 1.20 bits per heavy atom. The number of carbonyl (C=O) groups excluding carboxylic acids is 2. The van der Waals surface area contributed by atoms with Crippen LogP contribution in [0.1, 0.15) is 49.7 Å². The molecule has 2 N–H and O–H groups in total. The van der Waals surface area contributed by atoms with Crippen molar-refractivity contribution in [3.63, 3.8) is 0 Å². The first-order valence-corrected chi connectivity index (χ1v) is 12.5. The number of aromatic hydroxyl groups is 1. The van der Waals surface area contributed by atoms with Gasteiger partial charge in [0.15, 0.2) is 17.3 Å². The summed E-state index contributed by atoms with van der Waals surface area (Å²) < 4.78 is 11.3. The van der Waals surface area contributed by atoms with Crippen molar-refractivity contribution in [3.05, 3.63) is 80.6 Å². The van der Waals surface area contributed by atoms with Crippen LogP contribution in [-0.2, 0) is 14.3 Å². The van der Waals surface area contributed by atoms with E-state index in [1.165, 1.54) is 7.11 Å². The maximum Gasteiger partial charge on any atom is 0.316 e. The Balaban J connectivity index is 1.84. The molecule has 1 heterocycles. The molecule has 3 atom stereocenters. The minimum absolute atomic E-state index is 0.0280. The lowest BCUT2D eigenvalue weighted by molar-refractivity contribution is -0.151. The molecule has 0 saturated heterocycles. The van der Waals surface area contributed by atoms with Gasteiger partial charge in [0.05, 0.1) is 17.7 Å². The summed E-state index contributed by atoms with van der Waals surface area (Å²) in [6, 6.07) is 10.9. The monoisotopic (exact) mass is 559 g/mol. The van der Waals surface area contributed by atoms with Crippen molar-refractivity contribution in [2.24, 2.45) is 5.92 Å². The minimum atomic E-state index is -0.826. The smallest absolute Gasteiger partial charge is 0.316 e. The highest BCUT2D eigenvalue weighted by atomic mass is 79.9. The number of hydrogen-bond donors (Lipinski definition) is 2. The topological polar surface area (TPSA) is 84.9 Å². The highest BCUT2D eigenvalue weighted by molar-refractivity contribution is 9.10. The summed E-state index contributed by atoms with van der Waals surface area (Å²) in [6.45, 7) is 7.69. The van der Waals surface area contributed by atoms with Crippen LogP contribution >= 0.6 is 27.5 Å². The number of esters is 1. The number of ketones is 1. The van der Waals surface area contributed by atoms with Gasteiger partial charge >= 0.3 is 5.97 Å². The molecule has 184 valence electrons. The van der Waals surface area contributed by atoms with Crippen LogP contribution in [-0.4, -0.2) is 30.1 Å². The number of hydrogen-bond acceptors (Lipinski definition) is 6. The van der Waals surface area contributed by atoms with Crippen molar-refractivity contribution in [1.29, 1.82) is 0 Å². The van der Waals surface area contributed by atoms with Crippen LogP contribution in [0.5, 0.6) is 11.5 Å². The maximum atomic E-state index is 13.7. The number of Topliss-reactive ketones (excluding diaryl/α,β-unsaturated/α-hetero) is 1. The first-order valence-electron chi connectivity index (χ1n) is 11.3. The lowest BCUT2D eigenvalue weighted by atomic mass is 9.69. The van der Waals surface area contributed by atoms with Gasteiger partial charge in [-0.2, -0.15) is 0 Å². The summed E-state index contributed by atoms with van der Waals surface area (Å²) in [7, 11) is 1.45. The Labute approximate surface area is 218 Å². The molecule has 2 aromatic rings. The molecule has 0 spiro atoms. The lowest BCUT2D eigenvalue weighted by Gasteiger charge is -2.40. The van der Waals surface area contributed by atoms with Crippen LogP contribution in [0.3, 0.4) is 0 Å². The molecule has 6 nitrogen and oxygen atoms in total. The summed E-state index contributed by atoms with van der Waals surface area (Å²) in [4.78, 5) is 26.9. The molecule has 3 unspecified atom stereocenters. The van der Waals surface area contributed by atoms with E-state index < -0.39 is 17.8 Å². The number of ether oxygens (including phenoxy) is 2. The summed E-state index contributed by atoms with van der Waals surface area (Å²) in [6.07, 6.45) is 0.553. The summed E-state index contributed by atoms with van der Waals surface area (Å²) >= 11 is 9.42. The van der Waals surface area contributed by atoms with E-state index in [4.69, 9.17) is 21.1 Å². The Bertz CT molecular complexity index is 1220. The quantitative estimate of drug-likeness (QED) is 0.437. The van der Waals surface area contributed by atoms with Gasteiger partial charge in [0.25, 0.3) is 0 Å². The van der Waals surface area contributed by atoms with Crippen molar-refractivity contribution < 1.29 is 24.2 Å². The van der Waals surface area contributed by atoms with Crippen LogP contribution in [0.25, 0.3) is 0 Å². The Kier molecular flexibility index (Phi) is 7.29. The van der Waals surface area contributed by atoms with Gasteiger partial charge in [-0.15, -0.1) is 0 Å². The molecule has 0 amide bonds. The van der Waals surface area contributed by atoms with Gasteiger partial charge < -0.3 is 19.9 Å². The second kappa shape index (κ2) is 10.1. The molecule has 2 aromatic carbocycles. The largest absolute Gasteiger partial charge is 0.503 e. The number of phenols is 1. The Morgan fingerprint density at radius 2 is 1.89 bits per heavy atom. The number of carbonyl (C=O) groups is 2. The van der Waals surface area contributed by atoms with E-state index in [-0.39, 0.29) is 29.3 Å². The fourth-order valence-electron chi connectivity index (χ4n) is 4.89. The fraction of sp³-hybridized carbons (Fsp3) is 0.333. The normalized spacial score (nSPS) is 22.1. The van der Waals surface area contributed by atoms with Gasteiger partial charge in [0.2, 0.25) is 0 Å². The van der Waals surface area contributed by atoms with Gasteiger partial charge in [0, 0.05) is 34.3 Å². The number of phenolic OH excluding ortho intramolecular Hbond substituents is 1. The summed E-state index contributed by atoms with van der Waals surface area (Å²) in [5, 5.41) is 14.3. The molecule has 1 aliphatic heterocycles. The lowest BCUT2D eigenvalue weighted by Crippen LogP contribution is -2.42. The number of halogens is 2. The van der Waals surface area contributed by atoms with Gasteiger partial charge in [-0.1, -0.05) is 30.3 Å². The standard InChI is InChI=1S/C27H27BrClNO5/c1-13(2)35-27(33)23-14(3)30-20-10-16(15-5-7-18(29)8-6-15)11-21(31)25(20)24(23)17-9-19(28)26(32)22(12-17)34-4/h5-9,12-13,16,23-24,30,32H,3,10-11H2,1-2,4H3. The molecule has 35 heavy (non-hydrogen) atoms. The molecule has 8 heteroatoms. The zero-order valence-electron chi connectivity index (χ0n) is 19.7. The highest BCUT2D eigenvalue weighted by Gasteiger charge is 2.46. The predicted octanol–water partition coefficient (Wildman–Crippen LogP) is 5.99. The zero-order chi connectivity index (χ0) is 25.4. The van der Waals surface area contributed by atoms with Crippen LogP contribution in [0.2, 0.25) is 5.02 Å². The Hall–Kier alpha value is -2.77. The van der Waals surface area contributed by atoms with Crippen LogP contribution in [0.15, 0.2) is 64.4 Å². The van der Waals surface area contributed by atoms with Gasteiger partial charge in [0.1, 0.15) is 5.92 Å². The average Bonchev–Trinajstić information content (AvgIpc) is 2.79. The van der Waals surface area contributed by atoms with E-state index in [9.17, 15) is 14.7 Å². The molecule has 0 saturated carbocycles. The molecule has 0 aromatic heterocycles. The first-order chi connectivity index (χ1) is 16.6. The molecule has 0 bridgehead atoms. The molecule has 0 fully saturated rings. The van der Waals surface area contributed by atoms with Crippen LogP contribution in [0.4, 0.5) is 0 Å².